The molecule has 1 amide bonds. The lowest BCUT2D eigenvalue weighted by atomic mass is 10.1. The summed E-state index contributed by atoms with van der Waals surface area (Å²) in [7, 11) is 1.74. The highest BCUT2D eigenvalue weighted by molar-refractivity contribution is 6.07. The number of aliphatic hydroxyl groups is 1. The molecule has 1 heterocycles. The van der Waals surface area contributed by atoms with Crippen molar-refractivity contribution >= 4 is 23.0 Å². The zero-order chi connectivity index (χ0) is 24.1. The van der Waals surface area contributed by atoms with Crippen LogP contribution in [0.15, 0.2) is 112 Å². The molecule has 34 heavy (non-hydrogen) atoms. The molecule has 0 bridgehead atoms. The maximum absolute atomic E-state index is 13.1. The molecule has 0 atom stereocenters. The Hall–Kier alpha value is -4.72. The minimum absolute atomic E-state index is 0.0669. The van der Waals surface area contributed by atoms with E-state index >= 15 is 0 Å². The van der Waals surface area contributed by atoms with Crippen molar-refractivity contribution in [2.45, 2.75) is 6.92 Å². The van der Waals surface area contributed by atoms with Crippen LogP contribution in [0.4, 0.5) is 11.4 Å². The van der Waals surface area contributed by atoms with E-state index in [-0.39, 0.29) is 17.1 Å². The lowest BCUT2D eigenvalue weighted by Gasteiger charge is -2.08. The van der Waals surface area contributed by atoms with Gasteiger partial charge in [-0.2, -0.15) is 0 Å². The van der Waals surface area contributed by atoms with E-state index in [1.807, 2.05) is 36.4 Å². The summed E-state index contributed by atoms with van der Waals surface area (Å²) in [4.78, 5) is 26.2. The third kappa shape index (κ3) is 4.56. The quantitative estimate of drug-likeness (QED) is 0.240. The molecule has 0 saturated heterocycles. The van der Waals surface area contributed by atoms with Crippen LogP contribution in [-0.2, 0) is 11.8 Å². The van der Waals surface area contributed by atoms with Gasteiger partial charge >= 0.3 is 0 Å². The monoisotopic (exact) mass is 453 g/mol. The third-order valence-electron chi connectivity index (χ3n) is 5.29. The molecule has 1 aromatic heterocycles. The van der Waals surface area contributed by atoms with Gasteiger partial charge in [0, 0.05) is 18.3 Å². The van der Waals surface area contributed by atoms with Crippen LogP contribution >= 0.6 is 0 Å². The summed E-state index contributed by atoms with van der Waals surface area (Å²) in [5, 5.41) is 21.7. The van der Waals surface area contributed by atoms with E-state index in [2.05, 4.69) is 15.5 Å². The van der Waals surface area contributed by atoms with Crippen LogP contribution in [-0.4, -0.2) is 20.4 Å². The summed E-state index contributed by atoms with van der Waals surface area (Å²) in [5.41, 5.74) is 1.51. The van der Waals surface area contributed by atoms with Crippen LogP contribution in [0, 0.1) is 6.92 Å². The van der Waals surface area contributed by atoms with Gasteiger partial charge in [-0.15, -0.1) is 10.2 Å². The highest BCUT2D eigenvalue weighted by atomic mass is 16.3. The molecule has 0 aliphatic rings. The van der Waals surface area contributed by atoms with Gasteiger partial charge in [0.05, 0.1) is 11.4 Å². The molecular weight excluding hydrogens is 430 g/mol. The number of hydrogen-bond donors (Lipinski definition) is 2. The van der Waals surface area contributed by atoms with Crippen molar-refractivity contribution < 1.29 is 9.90 Å². The number of rotatable bonds is 6. The Labute approximate surface area is 196 Å². The second-order valence-corrected chi connectivity index (χ2v) is 7.49. The molecule has 4 aromatic rings. The van der Waals surface area contributed by atoms with Crippen LogP contribution in [0.2, 0.25) is 0 Å². The number of azo groups is 1. The average Bonchev–Trinajstić information content (AvgIpc) is 3.08. The van der Waals surface area contributed by atoms with Gasteiger partial charge in [-0.05, 0) is 31.2 Å². The Morgan fingerprint density at radius 2 is 1.44 bits per heavy atom. The van der Waals surface area contributed by atoms with Crippen molar-refractivity contribution in [1.82, 2.24) is 9.36 Å². The Bertz CT molecular complexity index is 1420. The topological polar surface area (TPSA) is 101 Å². The van der Waals surface area contributed by atoms with Crippen LogP contribution < -0.4 is 10.9 Å². The summed E-state index contributed by atoms with van der Waals surface area (Å²) in [6.45, 7) is 1.74. The van der Waals surface area contributed by atoms with Crippen molar-refractivity contribution in [3.8, 4) is 5.69 Å². The van der Waals surface area contributed by atoms with Gasteiger partial charge in [0.15, 0.2) is 17.1 Å². The Balaban J connectivity index is 1.78. The average molecular weight is 454 g/mol. The van der Waals surface area contributed by atoms with E-state index in [1.165, 1.54) is 4.68 Å². The van der Waals surface area contributed by atoms with Gasteiger partial charge in [0.1, 0.15) is 0 Å². The molecule has 8 heteroatoms. The summed E-state index contributed by atoms with van der Waals surface area (Å²) in [6.07, 6.45) is 0. The molecule has 3 aromatic carbocycles. The summed E-state index contributed by atoms with van der Waals surface area (Å²) < 4.78 is 3.13. The molecule has 8 nitrogen and oxygen atoms in total. The van der Waals surface area contributed by atoms with Gasteiger partial charge in [-0.3, -0.25) is 14.3 Å². The molecular formula is C26H23N5O3. The SMILES string of the molecule is Cc1c(N=N/C(C(=O)Nc2ccccc2)=C(/O)c2ccccc2)c(=O)n(-c2ccccc2)n1C. The number of benzene rings is 3. The second kappa shape index (κ2) is 9.83. The molecule has 170 valence electrons. The predicted molar refractivity (Wildman–Crippen MR) is 131 cm³/mol. The molecule has 4 rings (SSSR count). The number of para-hydroxylation sites is 2. The number of carbonyl (C=O) groups is 1. The number of nitrogens with zero attached hydrogens (tertiary/aromatic N) is 4. The van der Waals surface area contributed by atoms with Crippen LogP contribution in [0.5, 0.6) is 0 Å². The number of carbonyl (C=O) groups excluding carboxylic acids is 1. The molecule has 0 aliphatic heterocycles. The zero-order valence-corrected chi connectivity index (χ0v) is 18.7. The first-order valence-electron chi connectivity index (χ1n) is 10.6. The highest BCUT2D eigenvalue weighted by Crippen LogP contribution is 2.22. The van der Waals surface area contributed by atoms with Crippen molar-refractivity contribution in [3.63, 3.8) is 0 Å². The minimum atomic E-state index is -0.659. The minimum Gasteiger partial charge on any atom is -0.505 e. The normalized spacial score (nSPS) is 11.9. The molecule has 0 aliphatic carbocycles. The molecule has 0 unspecified atom stereocenters. The number of aliphatic hydroxyl groups excluding tert-OH is 1. The number of anilines is 1. The molecule has 0 saturated carbocycles. The van der Waals surface area contributed by atoms with Gasteiger partial charge < -0.3 is 10.4 Å². The fraction of sp³-hybridized carbons (Fsp3) is 0.0769. The molecule has 0 fully saturated rings. The van der Waals surface area contributed by atoms with Crippen LogP contribution in [0.3, 0.4) is 0 Å². The van der Waals surface area contributed by atoms with Gasteiger partial charge in [-0.1, -0.05) is 66.7 Å². The van der Waals surface area contributed by atoms with Gasteiger partial charge in [0.2, 0.25) is 0 Å². The highest BCUT2D eigenvalue weighted by Gasteiger charge is 2.20. The largest absolute Gasteiger partial charge is 0.505 e. The first-order valence-corrected chi connectivity index (χ1v) is 10.6. The first-order chi connectivity index (χ1) is 16.5. The summed E-state index contributed by atoms with van der Waals surface area (Å²) in [5.74, 6) is -1.01. The van der Waals surface area contributed by atoms with E-state index in [0.717, 1.165) is 0 Å². The smallest absolute Gasteiger partial charge is 0.299 e. The number of hydrogen-bond acceptors (Lipinski definition) is 5. The van der Waals surface area contributed by atoms with E-state index in [9.17, 15) is 14.7 Å². The van der Waals surface area contributed by atoms with Gasteiger partial charge in [-0.25, -0.2) is 4.68 Å². The lowest BCUT2D eigenvalue weighted by Crippen LogP contribution is -2.19. The third-order valence-corrected chi connectivity index (χ3v) is 5.29. The van der Waals surface area contributed by atoms with Gasteiger partial charge in [0.25, 0.3) is 11.5 Å². The lowest BCUT2D eigenvalue weighted by molar-refractivity contribution is -0.112. The summed E-state index contributed by atoms with van der Waals surface area (Å²) in [6, 6.07) is 26.5. The van der Waals surface area contributed by atoms with E-state index in [1.54, 1.807) is 73.3 Å². The second-order valence-electron chi connectivity index (χ2n) is 7.49. The standard InChI is InChI=1S/C26H23N5O3/c1-18-22(26(34)31(30(18)2)21-16-10-5-11-17-21)28-29-23(24(32)19-12-6-3-7-13-19)25(33)27-20-14-8-4-9-15-20/h3-17,32H,1-2H3,(H,27,33)/b24-23+,29-28?. The fourth-order valence-electron chi connectivity index (χ4n) is 3.41. The molecule has 0 spiro atoms. The predicted octanol–water partition coefficient (Wildman–Crippen LogP) is 5.13. The maximum Gasteiger partial charge on any atom is 0.299 e. The molecule has 2 N–H and O–H groups in total. The number of amides is 1. The van der Waals surface area contributed by atoms with Crippen LogP contribution in [0.1, 0.15) is 11.3 Å². The van der Waals surface area contributed by atoms with E-state index < -0.39 is 11.5 Å². The van der Waals surface area contributed by atoms with Crippen molar-refractivity contribution in [1.29, 1.82) is 0 Å². The number of aromatic nitrogens is 2. The van der Waals surface area contributed by atoms with E-state index in [0.29, 0.717) is 22.6 Å². The van der Waals surface area contributed by atoms with Crippen molar-refractivity contribution in [2.24, 2.45) is 17.3 Å². The number of nitrogens with one attached hydrogen (secondary N) is 1. The fourth-order valence-corrected chi connectivity index (χ4v) is 3.41. The molecule has 0 radical (unpaired) electrons. The Morgan fingerprint density at radius 1 is 0.882 bits per heavy atom. The maximum atomic E-state index is 13.1. The Kier molecular flexibility index (Phi) is 6.49. The zero-order valence-electron chi connectivity index (χ0n) is 18.7. The summed E-state index contributed by atoms with van der Waals surface area (Å²) >= 11 is 0. The van der Waals surface area contributed by atoms with E-state index in [4.69, 9.17) is 0 Å². The first kappa shape index (κ1) is 22.5. The van der Waals surface area contributed by atoms with Crippen molar-refractivity contribution in [2.75, 3.05) is 5.32 Å². The van der Waals surface area contributed by atoms with Crippen LogP contribution in [0.25, 0.3) is 11.4 Å². The Morgan fingerprint density at radius 3 is 2.06 bits per heavy atom. The van der Waals surface area contributed by atoms with Crippen molar-refractivity contribution in [3.05, 3.63) is 118 Å².